The van der Waals surface area contributed by atoms with E-state index in [9.17, 15) is 9.90 Å². The van der Waals surface area contributed by atoms with Gasteiger partial charge in [0.05, 0.1) is 13.7 Å². The standard InChI is InChI=1S/C19H22O4/c1-12-9-16(10-13(2)19(12)23-3)18-14(7-8-17(21)22)5-4-6-15(18)11-20/h4-6,9-10,20H,7-8,11H2,1-3H3,(H,21,22). The molecule has 0 fully saturated rings. The van der Waals surface area contributed by atoms with E-state index in [4.69, 9.17) is 9.84 Å². The molecule has 0 radical (unpaired) electrons. The van der Waals surface area contributed by atoms with Gasteiger partial charge < -0.3 is 14.9 Å². The van der Waals surface area contributed by atoms with E-state index >= 15 is 0 Å². The van der Waals surface area contributed by atoms with Gasteiger partial charge in [-0.05, 0) is 65.8 Å². The Morgan fingerprint density at radius 1 is 1.13 bits per heavy atom. The molecule has 0 atom stereocenters. The molecule has 0 saturated heterocycles. The van der Waals surface area contributed by atoms with Crippen molar-refractivity contribution in [3.8, 4) is 16.9 Å². The lowest BCUT2D eigenvalue weighted by Crippen LogP contribution is -2.02. The average molecular weight is 314 g/mol. The monoisotopic (exact) mass is 314 g/mol. The van der Waals surface area contributed by atoms with E-state index in [0.717, 1.165) is 39.1 Å². The number of aryl methyl sites for hydroxylation is 3. The lowest BCUT2D eigenvalue weighted by molar-refractivity contribution is -0.136. The number of hydrogen-bond acceptors (Lipinski definition) is 3. The molecule has 0 amide bonds. The van der Waals surface area contributed by atoms with Crippen LogP contribution in [0.15, 0.2) is 30.3 Å². The molecule has 0 aromatic heterocycles. The van der Waals surface area contributed by atoms with Crippen LogP contribution in [-0.4, -0.2) is 23.3 Å². The summed E-state index contributed by atoms with van der Waals surface area (Å²) in [7, 11) is 1.65. The maximum Gasteiger partial charge on any atom is 0.303 e. The fourth-order valence-electron chi connectivity index (χ4n) is 3.02. The Morgan fingerprint density at radius 2 is 1.74 bits per heavy atom. The molecular weight excluding hydrogens is 292 g/mol. The maximum absolute atomic E-state index is 10.9. The van der Waals surface area contributed by atoms with Gasteiger partial charge in [0.15, 0.2) is 0 Å². The van der Waals surface area contributed by atoms with Crippen LogP contribution in [0, 0.1) is 13.8 Å². The van der Waals surface area contributed by atoms with Gasteiger partial charge in [-0.2, -0.15) is 0 Å². The van der Waals surface area contributed by atoms with E-state index in [1.807, 2.05) is 44.2 Å². The second kappa shape index (κ2) is 7.29. The van der Waals surface area contributed by atoms with Crippen molar-refractivity contribution in [1.29, 1.82) is 0 Å². The minimum absolute atomic E-state index is 0.0655. The maximum atomic E-state index is 10.9. The molecule has 2 rings (SSSR count). The summed E-state index contributed by atoms with van der Waals surface area (Å²) in [5.74, 6) is 0.0229. The molecular formula is C19H22O4. The van der Waals surface area contributed by atoms with Gasteiger partial charge in [-0.15, -0.1) is 0 Å². The van der Waals surface area contributed by atoms with E-state index in [-0.39, 0.29) is 13.0 Å². The summed E-state index contributed by atoms with van der Waals surface area (Å²) in [6, 6.07) is 9.69. The van der Waals surface area contributed by atoms with Crippen LogP contribution >= 0.6 is 0 Å². The first-order chi connectivity index (χ1) is 11.0. The van der Waals surface area contributed by atoms with Gasteiger partial charge in [-0.25, -0.2) is 0 Å². The lowest BCUT2D eigenvalue weighted by atomic mass is 9.90. The molecule has 122 valence electrons. The Balaban J connectivity index is 2.59. The summed E-state index contributed by atoms with van der Waals surface area (Å²) in [6.45, 7) is 3.88. The summed E-state index contributed by atoms with van der Waals surface area (Å²) in [6.07, 6.45) is 0.499. The van der Waals surface area contributed by atoms with E-state index in [1.54, 1.807) is 7.11 Å². The molecule has 23 heavy (non-hydrogen) atoms. The highest BCUT2D eigenvalue weighted by Crippen LogP contribution is 2.34. The SMILES string of the molecule is COc1c(C)cc(-c2c(CO)cccc2CCC(=O)O)cc1C. The van der Waals surface area contributed by atoms with Gasteiger partial charge in [0.2, 0.25) is 0 Å². The normalized spacial score (nSPS) is 10.6. The summed E-state index contributed by atoms with van der Waals surface area (Å²) in [5.41, 5.74) is 5.66. The molecule has 4 heteroatoms. The summed E-state index contributed by atoms with van der Waals surface area (Å²) in [5, 5.41) is 18.6. The third kappa shape index (κ3) is 3.71. The Labute approximate surface area is 136 Å². The zero-order chi connectivity index (χ0) is 17.0. The van der Waals surface area contributed by atoms with E-state index in [0.29, 0.717) is 6.42 Å². The Bertz CT molecular complexity index is 696. The molecule has 0 aliphatic heterocycles. The van der Waals surface area contributed by atoms with Gasteiger partial charge in [0.1, 0.15) is 5.75 Å². The zero-order valence-electron chi connectivity index (χ0n) is 13.7. The highest BCUT2D eigenvalue weighted by molar-refractivity contribution is 5.75. The number of methoxy groups -OCH3 is 1. The fourth-order valence-corrected chi connectivity index (χ4v) is 3.02. The Hall–Kier alpha value is -2.33. The number of carboxylic acid groups (broad SMARTS) is 1. The number of rotatable bonds is 6. The molecule has 2 N–H and O–H groups in total. The first-order valence-corrected chi connectivity index (χ1v) is 7.57. The number of hydrogen-bond donors (Lipinski definition) is 2. The average Bonchev–Trinajstić information content (AvgIpc) is 2.52. The molecule has 4 nitrogen and oxygen atoms in total. The summed E-state index contributed by atoms with van der Waals surface area (Å²) >= 11 is 0. The molecule has 0 heterocycles. The van der Waals surface area contributed by atoms with Crippen LogP contribution in [0.5, 0.6) is 5.75 Å². The van der Waals surface area contributed by atoms with Crippen molar-refractivity contribution >= 4 is 5.97 Å². The Morgan fingerprint density at radius 3 is 2.26 bits per heavy atom. The van der Waals surface area contributed by atoms with Crippen LogP contribution in [0.2, 0.25) is 0 Å². The van der Waals surface area contributed by atoms with E-state index < -0.39 is 5.97 Å². The van der Waals surface area contributed by atoms with Crippen molar-refractivity contribution in [2.75, 3.05) is 7.11 Å². The van der Waals surface area contributed by atoms with Gasteiger partial charge in [0.25, 0.3) is 0 Å². The molecule has 0 aliphatic carbocycles. The number of aliphatic hydroxyl groups excluding tert-OH is 1. The minimum atomic E-state index is -0.826. The molecule has 0 saturated carbocycles. The Kier molecular flexibility index (Phi) is 5.40. The largest absolute Gasteiger partial charge is 0.496 e. The third-order valence-electron chi connectivity index (χ3n) is 3.97. The van der Waals surface area contributed by atoms with Crippen LogP contribution < -0.4 is 4.74 Å². The van der Waals surface area contributed by atoms with Crippen LogP contribution in [0.3, 0.4) is 0 Å². The zero-order valence-corrected chi connectivity index (χ0v) is 13.7. The third-order valence-corrected chi connectivity index (χ3v) is 3.97. The van der Waals surface area contributed by atoms with E-state index in [2.05, 4.69) is 0 Å². The van der Waals surface area contributed by atoms with Crippen molar-refractivity contribution in [1.82, 2.24) is 0 Å². The van der Waals surface area contributed by atoms with Crippen molar-refractivity contribution in [3.63, 3.8) is 0 Å². The molecule has 0 unspecified atom stereocenters. The second-order valence-corrected chi connectivity index (χ2v) is 5.65. The number of ether oxygens (including phenoxy) is 1. The van der Waals surface area contributed by atoms with Gasteiger partial charge >= 0.3 is 5.97 Å². The molecule has 0 spiro atoms. The van der Waals surface area contributed by atoms with Crippen molar-refractivity contribution < 1.29 is 19.7 Å². The fraction of sp³-hybridized carbons (Fsp3) is 0.316. The minimum Gasteiger partial charge on any atom is -0.496 e. The predicted octanol–water partition coefficient (Wildman–Crippen LogP) is 3.49. The number of carboxylic acids is 1. The van der Waals surface area contributed by atoms with Crippen molar-refractivity contribution in [2.45, 2.75) is 33.3 Å². The number of aliphatic hydroxyl groups is 1. The van der Waals surface area contributed by atoms with Gasteiger partial charge in [0, 0.05) is 6.42 Å². The van der Waals surface area contributed by atoms with Crippen LogP contribution in [0.1, 0.15) is 28.7 Å². The number of aliphatic carboxylic acids is 1. The van der Waals surface area contributed by atoms with E-state index in [1.165, 1.54) is 0 Å². The van der Waals surface area contributed by atoms with Crippen LogP contribution in [-0.2, 0) is 17.8 Å². The van der Waals surface area contributed by atoms with Gasteiger partial charge in [-0.1, -0.05) is 18.2 Å². The number of benzene rings is 2. The highest BCUT2D eigenvalue weighted by atomic mass is 16.5. The topological polar surface area (TPSA) is 66.8 Å². The number of carbonyl (C=O) groups is 1. The molecule has 2 aromatic rings. The smallest absolute Gasteiger partial charge is 0.303 e. The van der Waals surface area contributed by atoms with Crippen molar-refractivity contribution in [2.24, 2.45) is 0 Å². The highest BCUT2D eigenvalue weighted by Gasteiger charge is 2.14. The molecule has 0 bridgehead atoms. The lowest BCUT2D eigenvalue weighted by Gasteiger charge is -2.17. The summed E-state index contributed by atoms with van der Waals surface area (Å²) < 4.78 is 5.41. The predicted molar refractivity (Wildman–Crippen MR) is 89.8 cm³/mol. The first-order valence-electron chi connectivity index (χ1n) is 7.57. The van der Waals surface area contributed by atoms with Crippen molar-refractivity contribution in [3.05, 3.63) is 52.6 Å². The quantitative estimate of drug-likeness (QED) is 0.856. The van der Waals surface area contributed by atoms with Crippen LogP contribution in [0.25, 0.3) is 11.1 Å². The first kappa shape index (κ1) is 17.0. The van der Waals surface area contributed by atoms with Crippen LogP contribution in [0.4, 0.5) is 0 Å². The van der Waals surface area contributed by atoms with Gasteiger partial charge in [-0.3, -0.25) is 4.79 Å². The second-order valence-electron chi connectivity index (χ2n) is 5.65. The summed E-state index contributed by atoms with van der Waals surface area (Å²) in [4.78, 5) is 10.9. The molecule has 0 aliphatic rings. The molecule has 2 aromatic carbocycles.